The minimum absolute atomic E-state index is 0.0138. The fourth-order valence-corrected chi connectivity index (χ4v) is 1.36. The third-order valence-electron chi connectivity index (χ3n) is 2.10. The largest absolute Gasteiger partial charge is 0.477 e. The molecule has 0 atom stereocenters. The van der Waals surface area contributed by atoms with Gasteiger partial charge in [0.2, 0.25) is 0 Å². The number of rotatable bonds is 2. The number of aromatic carboxylic acids is 1. The van der Waals surface area contributed by atoms with E-state index in [0.29, 0.717) is 0 Å². The maximum Gasteiger partial charge on any atom is 0.354 e. The average Bonchev–Trinajstić information content (AvgIpc) is 2.61. The molecule has 0 unspecified atom stereocenters. The predicted molar refractivity (Wildman–Crippen MR) is 53.4 cm³/mol. The minimum Gasteiger partial charge on any atom is -0.477 e. The Balaban J connectivity index is 2.54. The maximum atomic E-state index is 13.4. The molecular weight excluding hydrogens is 213 g/mol. The standard InChI is InChI=1S/C10H8FN3O2/c1-14-8(10(15)16)5-7(13-14)9-6(11)3-2-4-12-9/h2-5H,1H3,(H,15,16). The van der Waals surface area contributed by atoms with Gasteiger partial charge in [-0.25, -0.2) is 9.18 Å². The summed E-state index contributed by atoms with van der Waals surface area (Å²) in [6.45, 7) is 0. The molecule has 2 rings (SSSR count). The summed E-state index contributed by atoms with van der Waals surface area (Å²) in [6, 6.07) is 3.99. The Morgan fingerprint density at radius 1 is 1.56 bits per heavy atom. The molecule has 0 fully saturated rings. The van der Waals surface area contributed by atoms with Crippen molar-refractivity contribution < 1.29 is 14.3 Å². The molecule has 16 heavy (non-hydrogen) atoms. The topological polar surface area (TPSA) is 68.0 Å². The SMILES string of the molecule is Cn1nc(-c2ncccc2F)cc1C(=O)O. The van der Waals surface area contributed by atoms with Crippen molar-refractivity contribution in [3.8, 4) is 11.4 Å². The Morgan fingerprint density at radius 3 is 2.88 bits per heavy atom. The summed E-state index contributed by atoms with van der Waals surface area (Å²) in [6.07, 6.45) is 1.42. The van der Waals surface area contributed by atoms with E-state index in [2.05, 4.69) is 10.1 Å². The highest BCUT2D eigenvalue weighted by molar-refractivity contribution is 5.87. The fourth-order valence-electron chi connectivity index (χ4n) is 1.36. The number of carboxylic acid groups (broad SMARTS) is 1. The van der Waals surface area contributed by atoms with Crippen LogP contribution in [0, 0.1) is 5.82 Å². The van der Waals surface area contributed by atoms with E-state index < -0.39 is 11.8 Å². The molecule has 0 amide bonds. The van der Waals surface area contributed by atoms with Crippen molar-refractivity contribution in [2.24, 2.45) is 7.05 Å². The van der Waals surface area contributed by atoms with Gasteiger partial charge in [-0.2, -0.15) is 5.10 Å². The summed E-state index contributed by atoms with van der Waals surface area (Å²) in [7, 11) is 1.48. The first-order chi connectivity index (χ1) is 7.59. The highest BCUT2D eigenvalue weighted by Gasteiger charge is 2.15. The number of pyridine rings is 1. The number of carbonyl (C=O) groups is 1. The summed E-state index contributed by atoms with van der Waals surface area (Å²) in [5, 5.41) is 12.7. The lowest BCUT2D eigenvalue weighted by Gasteiger charge is -1.95. The van der Waals surface area contributed by atoms with Crippen molar-refractivity contribution in [2.45, 2.75) is 0 Å². The van der Waals surface area contributed by atoms with Crippen molar-refractivity contribution in [1.29, 1.82) is 0 Å². The van der Waals surface area contributed by atoms with Crippen LogP contribution in [0.5, 0.6) is 0 Å². The molecule has 0 radical (unpaired) electrons. The molecule has 0 aliphatic rings. The summed E-state index contributed by atoms with van der Waals surface area (Å²) in [5.74, 6) is -1.64. The summed E-state index contributed by atoms with van der Waals surface area (Å²) in [5.41, 5.74) is 0.239. The van der Waals surface area contributed by atoms with E-state index in [1.54, 1.807) is 0 Å². The molecular formula is C10H8FN3O2. The van der Waals surface area contributed by atoms with E-state index in [1.807, 2.05) is 0 Å². The number of hydrogen-bond acceptors (Lipinski definition) is 3. The van der Waals surface area contributed by atoms with Crippen molar-refractivity contribution in [3.05, 3.63) is 35.9 Å². The first-order valence-electron chi connectivity index (χ1n) is 4.48. The van der Waals surface area contributed by atoms with Crippen LogP contribution in [0.1, 0.15) is 10.5 Å². The van der Waals surface area contributed by atoms with E-state index in [-0.39, 0.29) is 17.1 Å². The highest BCUT2D eigenvalue weighted by atomic mass is 19.1. The van der Waals surface area contributed by atoms with Gasteiger partial charge in [0.25, 0.3) is 0 Å². The van der Waals surface area contributed by atoms with Gasteiger partial charge in [-0.1, -0.05) is 0 Å². The van der Waals surface area contributed by atoms with E-state index in [4.69, 9.17) is 5.11 Å². The van der Waals surface area contributed by atoms with E-state index in [9.17, 15) is 9.18 Å². The van der Waals surface area contributed by atoms with Crippen molar-refractivity contribution >= 4 is 5.97 Å². The smallest absolute Gasteiger partial charge is 0.354 e. The molecule has 0 saturated heterocycles. The molecule has 2 aromatic rings. The van der Waals surface area contributed by atoms with Crippen LogP contribution in [0.15, 0.2) is 24.4 Å². The Hall–Kier alpha value is -2.24. The highest BCUT2D eigenvalue weighted by Crippen LogP contribution is 2.19. The zero-order chi connectivity index (χ0) is 11.7. The van der Waals surface area contributed by atoms with Crippen LogP contribution in [0.3, 0.4) is 0 Å². The van der Waals surface area contributed by atoms with Gasteiger partial charge in [-0.3, -0.25) is 9.67 Å². The monoisotopic (exact) mass is 221 g/mol. The number of hydrogen-bond donors (Lipinski definition) is 1. The van der Waals surface area contributed by atoms with Crippen LogP contribution in [0.2, 0.25) is 0 Å². The lowest BCUT2D eigenvalue weighted by atomic mass is 10.2. The molecule has 0 bridgehead atoms. The fraction of sp³-hybridized carbons (Fsp3) is 0.100. The van der Waals surface area contributed by atoms with E-state index >= 15 is 0 Å². The number of aryl methyl sites for hydroxylation is 1. The van der Waals surface area contributed by atoms with Crippen LogP contribution in [0.25, 0.3) is 11.4 Å². The lowest BCUT2D eigenvalue weighted by Crippen LogP contribution is -2.04. The third-order valence-corrected chi connectivity index (χ3v) is 2.10. The number of nitrogens with zero attached hydrogens (tertiary/aromatic N) is 3. The van der Waals surface area contributed by atoms with Gasteiger partial charge < -0.3 is 5.11 Å². The Labute approximate surface area is 90.2 Å². The molecule has 2 heterocycles. The molecule has 0 aromatic carbocycles. The molecule has 0 spiro atoms. The van der Waals surface area contributed by atoms with Gasteiger partial charge in [0.1, 0.15) is 17.1 Å². The quantitative estimate of drug-likeness (QED) is 0.830. The van der Waals surface area contributed by atoms with Gasteiger partial charge in [0.15, 0.2) is 5.82 Å². The van der Waals surface area contributed by atoms with Gasteiger partial charge in [-0.15, -0.1) is 0 Å². The Kier molecular flexibility index (Phi) is 2.40. The van der Waals surface area contributed by atoms with Crippen LogP contribution >= 0.6 is 0 Å². The average molecular weight is 221 g/mol. The second-order valence-corrected chi connectivity index (χ2v) is 3.18. The third kappa shape index (κ3) is 1.65. The molecule has 0 aliphatic carbocycles. The first-order valence-corrected chi connectivity index (χ1v) is 4.48. The summed E-state index contributed by atoms with van der Waals surface area (Å²) >= 11 is 0. The van der Waals surface area contributed by atoms with Gasteiger partial charge in [-0.05, 0) is 12.1 Å². The zero-order valence-electron chi connectivity index (χ0n) is 8.38. The predicted octanol–water partition coefficient (Wildman–Crippen LogP) is 1.32. The molecule has 1 N–H and O–H groups in total. The van der Waals surface area contributed by atoms with Crippen molar-refractivity contribution in [1.82, 2.24) is 14.8 Å². The second-order valence-electron chi connectivity index (χ2n) is 3.18. The maximum absolute atomic E-state index is 13.4. The van der Waals surface area contributed by atoms with Crippen molar-refractivity contribution in [3.63, 3.8) is 0 Å². The molecule has 6 heteroatoms. The van der Waals surface area contributed by atoms with Gasteiger partial charge >= 0.3 is 5.97 Å². The molecule has 2 aromatic heterocycles. The zero-order valence-corrected chi connectivity index (χ0v) is 8.38. The lowest BCUT2D eigenvalue weighted by molar-refractivity contribution is 0.0685. The van der Waals surface area contributed by atoms with E-state index in [1.165, 1.54) is 36.1 Å². The molecule has 5 nitrogen and oxygen atoms in total. The molecule has 0 saturated carbocycles. The normalized spacial score (nSPS) is 10.4. The second kappa shape index (κ2) is 3.73. The van der Waals surface area contributed by atoms with E-state index in [0.717, 1.165) is 0 Å². The Bertz CT molecular complexity index is 551. The number of halogens is 1. The van der Waals surface area contributed by atoms with Crippen LogP contribution in [0.4, 0.5) is 4.39 Å². The molecule has 0 aliphatic heterocycles. The number of carboxylic acids is 1. The van der Waals surface area contributed by atoms with Crippen LogP contribution < -0.4 is 0 Å². The Morgan fingerprint density at radius 2 is 2.31 bits per heavy atom. The van der Waals surface area contributed by atoms with Crippen LogP contribution in [-0.4, -0.2) is 25.8 Å². The van der Waals surface area contributed by atoms with Crippen molar-refractivity contribution in [2.75, 3.05) is 0 Å². The molecule has 82 valence electrons. The van der Waals surface area contributed by atoms with Gasteiger partial charge in [0, 0.05) is 19.3 Å². The minimum atomic E-state index is -1.11. The van der Waals surface area contributed by atoms with Gasteiger partial charge in [0.05, 0.1) is 0 Å². The number of aromatic nitrogens is 3. The summed E-state index contributed by atoms with van der Waals surface area (Å²) < 4.78 is 14.5. The van der Waals surface area contributed by atoms with Crippen LogP contribution in [-0.2, 0) is 7.05 Å². The first kappa shape index (κ1) is 10.3. The summed E-state index contributed by atoms with van der Waals surface area (Å²) in [4.78, 5) is 14.6.